The molecule has 0 bridgehead atoms. The molecule has 18 heavy (non-hydrogen) atoms. The van der Waals surface area contributed by atoms with Gasteiger partial charge in [0.1, 0.15) is 18.1 Å². The average molecular weight is 251 g/mol. The lowest BCUT2D eigenvalue weighted by molar-refractivity contribution is 0.204. The lowest BCUT2D eigenvalue weighted by atomic mass is 10.3. The van der Waals surface area contributed by atoms with Crippen LogP contribution in [0, 0.1) is 5.92 Å². The van der Waals surface area contributed by atoms with E-state index in [2.05, 4.69) is 17.2 Å². The molecule has 0 aliphatic heterocycles. The summed E-state index contributed by atoms with van der Waals surface area (Å²) in [6.07, 6.45) is 1.23. The number of hydrogen-bond acceptors (Lipinski definition) is 3. The van der Waals surface area contributed by atoms with Crippen molar-refractivity contribution in [3.8, 4) is 0 Å². The largest absolute Gasteiger partial charge is 0.464 e. The molecule has 2 unspecified atom stereocenters. The van der Waals surface area contributed by atoms with Crippen LogP contribution in [-0.4, -0.2) is 26.2 Å². The quantitative estimate of drug-likeness (QED) is 0.456. The first-order valence-electron chi connectivity index (χ1n) is 6.32. The number of aliphatic imine (C=N–C) groups is 1. The van der Waals surface area contributed by atoms with E-state index in [1.807, 2.05) is 12.1 Å². The number of methoxy groups -OCH3 is 1. The second-order valence-corrected chi connectivity index (χ2v) is 4.74. The molecule has 1 aromatic rings. The van der Waals surface area contributed by atoms with Crippen molar-refractivity contribution in [3.05, 3.63) is 23.7 Å². The molecule has 5 heteroatoms. The molecule has 1 aliphatic carbocycles. The van der Waals surface area contributed by atoms with Crippen LogP contribution in [0.5, 0.6) is 0 Å². The van der Waals surface area contributed by atoms with E-state index in [1.165, 1.54) is 6.42 Å². The predicted molar refractivity (Wildman–Crippen MR) is 70.4 cm³/mol. The van der Waals surface area contributed by atoms with Gasteiger partial charge in [0.15, 0.2) is 5.96 Å². The van der Waals surface area contributed by atoms with Crippen molar-refractivity contribution in [1.29, 1.82) is 0 Å². The van der Waals surface area contributed by atoms with Crippen LogP contribution in [0.2, 0.25) is 0 Å². The van der Waals surface area contributed by atoms with Crippen LogP contribution in [0.15, 0.2) is 21.5 Å². The summed E-state index contributed by atoms with van der Waals surface area (Å²) in [5.41, 5.74) is 5.70. The Morgan fingerprint density at radius 3 is 3.06 bits per heavy atom. The molecule has 100 valence electrons. The van der Waals surface area contributed by atoms with Gasteiger partial charge in [-0.05, 0) is 24.5 Å². The average Bonchev–Trinajstić information content (AvgIpc) is 2.91. The van der Waals surface area contributed by atoms with Gasteiger partial charge in [-0.3, -0.25) is 0 Å². The van der Waals surface area contributed by atoms with Gasteiger partial charge >= 0.3 is 0 Å². The first-order chi connectivity index (χ1) is 8.70. The Bertz CT molecular complexity index is 414. The molecule has 1 aromatic heterocycles. The van der Waals surface area contributed by atoms with Crippen LogP contribution in [0.3, 0.4) is 0 Å². The van der Waals surface area contributed by atoms with Crippen molar-refractivity contribution in [2.24, 2.45) is 16.6 Å². The molecule has 0 radical (unpaired) electrons. The minimum atomic E-state index is 0.421. The maximum absolute atomic E-state index is 5.74. The van der Waals surface area contributed by atoms with Crippen molar-refractivity contribution in [3.63, 3.8) is 0 Å². The fourth-order valence-corrected chi connectivity index (χ4v) is 1.90. The van der Waals surface area contributed by atoms with E-state index in [9.17, 15) is 0 Å². The number of nitrogens with one attached hydrogen (secondary N) is 1. The minimum absolute atomic E-state index is 0.421. The van der Waals surface area contributed by atoms with E-state index in [-0.39, 0.29) is 0 Å². The first kappa shape index (κ1) is 13.0. The Morgan fingerprint density at radius 1 is 1.61 bits per heavy atom. The summed E-state index contributed by atoms with van der Waals surface area (Å²) < 4.78 is 10.6. The van der Waals surface area contributed by atoms with E-state index < -0.39 is 0 Å². The summed E-state index contributed by atoms with van der Waals surface area (Å²) in [5.74, 6) is 3.73. The molecule has 5 nitrogen and oxygen atoms in total. The molecule has 0 saturated heterocycles. The third kappa shape index (κ3) is 3.50. The van der Waals surface area contributed by atoms with E-state index >= 15 is 0 Å². The topological polar surface area (TPSA) is 72.8 Å². The highest BCUT2D eigenvalue weighted by molar-refractivity contribution is 5.77. The highest BCUT2D eigenvalue weighted by Gasteiger charge is 2.36. The van der Waals surface area contributed by atoms with Crippen LogP contribution in [0.1, 0.15) is 30.8 Å². The van der Waals surface area contributed by atoms with Crippen LogP contribution in [0.4, 0.5) is 0 Å². The molecule has 3 N–H and O–H groups in total. The Kier molecular flexibility index (Phi) is 4.25. The normalized spacial score (nSPS) is 23.1. The Balaban J connectivity index is 1.78. The molecule has 0 amide bonds. The molecular weight excluding hydrogens is 230 g/mol. The molecule has 1 fully saturated rings. The second kappa shape index (κ2) is 5.91. The third-order valence-electron chi connectivity index (χ3n) is 3.17. The molecule has 2 rings (SSSR count). The van der Waals surface area contributed by atoms with E-state index in [0.29, 0.717) is 31.6 Å². The number of nitrogens with zero attached hydrogens (tertiary/aromatic N) is 1. The molecule has 0 spiro atoms. The first-order valence-corrected chi connectivity index (χ1v) is 6.32. The fourth-order valence-electron chi connectivity index (χ4n) is 1.90. The van der Waals surface area contributed by atoms with Crippen molar-refractivity contribution in [1.82, 2.24) is 5.32 Å². The van der Waals surface area contributed by atoms with E-state index in [0.717, 1.165) is 17.4 Å². The molecule has 1 aliphatic rings. The van der Waals surface area contributed by atoms with E-state index in [4.69, 9.17) is 14.9 Å². The lowest BCUT2D eigenvalue weighted by Gasteiger charge is -2.03. The minimum Gasteiger partial charge on any atom is -0.464 e. The van der Waals surface area contributed by atoms with Gasteiger partial charge < -0.3 is 20.2 Å². The Hall–Kier alpha value is -1.49. The number of guanidine groups is 1. The van der Waals surface area contributed by atoms with Crippen molar-refractivity contribution in [2.75, 3.05) is 20.3 Å². The number of furan rings is 1. The predicted octanol–water partition coefficient (Wildman–Crippen LogP) is 1.45. The number of nitrogens with two attached hydrogens (primary N) is 1. The Labute approximate surface area is 107 Å². The smallest absolute Gasteiger partial charge is 0.189 e. The molecule has 0 aromatic carbocycles. The summed E-state index contributed by atoms with van der Waals surface area (Å²) in [6.45, 7) is 3.99. The third-order valence-corrected chi connectivity index (χ3v) is 3.17. The van der Waals surface area contributed by atoms with Crippen LogP contribution in [-0.2, 0) is 11.3 Å². The number of hydrogen-bond donors (Lipinski definition) is 2. The molecular formula is C13H21N3O2. The summed E-state index contributed by atoms with van der Waals surface area (Å²) in [7, 11) is 1.65. The van der Waals surface area contributed by atoms with Gasteiger partial charge in [-0.25, -0.2) is 4.99 Å². The number of rotatable bonds is 6. The standard InChI is InChI=1S/C13H21N3O2/c1-9-7-11(9)12-4-3-10(18-12)8-16-13(14)15-5-6-17-2/h3-4,9,11H,5-8H2,1-2H3,(H3,14,15,16). The summed E-state index contributed by atoms with van der Waals surface area (Å²) >= 11 is 0. The number of ether oxygens (including phenoxy) is 1. The maximum Gasteiger partial charge on any atom is 0.189 e. The van der Waals surface area contributed by atoms with E-state index in [1.54, 1.807) is 7.11 Å². The molecule has 1 heterocycles. The lowest BCUT2D eigenvalue weighted by Crippen LogP contribution is -2.34. The van der Waals surface area contributed by atoms with Crippen molar-refractivity contribution < 1.29 is 9.15 Å². The highest BCUT2D eigenvalue weighted by atomic mass is 16.5. The van der Waals surface area contributed by atoms with Gasteiger partial charge in [0.2, 0.25) is 0 Å². The zero-order chi connectivity index (χ0) is 13.0. The summed E-state index contributed by atoms with van der Waals surface area (Å²) in [4.78, 5) is 4.21. The fraction of sp³-hybridized carbons (Fsp3) is 0.615. The van der Waals surface area contributed by atoms with Gasteiger partial charge in [0.05, 0.1) is 6.61 Å². The Morgan fingerprint density at radius 2 is 2.39 bits per heavy atom. The molecule has 1 saturated carbocycles. The van der Waals surface area contributed by atoms with Gasteiger partial charge in [0.25, 0.3) is 0 Å². The summed E-state index contributed by atoms with van der Waals surface area (Å²) in [5, 5.41) is 2.96. The van der Waals surface area contributed by atoms with Crippen molar-refractivity contribution in [2.45, 2.75) is 25.8 Å². The van der Waals surface area contributed by atoms with Crippen molar-refractivity contribution >= 4 is 5.96 Å². The van der Waals surface area contributed by atoms with Crippen LogP contribution < -0.4 is 11.1 Å². The van der Waals surface area contributed by atoms with Crippen LogP contribution >= 0.6 is 0 Å². The van der Waals surface area contributed by atoms with Crippen LogP contribution in [0.25, 0.3) is 0 Å². The molecule has 2 atom stereocenters. The highest BCUT2D eigenvalue weighted by Crippen LogP contribution is 2.47. The zero-order valence-electron chi connectivity index (χ0n) is 11.0. The zero-order valence-corrected chi connectivity index (χ0v) is 11.0. The van der Waals surface area contributed by atoms with Gasteiger partial charge in [-0.2, -0.15) is 0 Å². The maximum atomic E-state index is 5.74. The summed E-state index contributed by atoms with van der Waals surface area (Å²) in [6, 6.07) is 4.03. The van der Waals surface area contributed by atoms with Gasteiger partial charge in [-0.1, -0.05) is 6.92 Å². The monoisotopic (exact) mass is 251 g/mol. The SMILES string of the molecule is COCCNC(N)=NCc1ccc(C2CC2C)o1. The van der Waals surface area contributed by atoms with Gasteiger partial charge in [0, 0.05) is 19.6 Å². The second-order valence-electron chi connectivity index (χ2n) is 4.74. The van der Waals surface area contributed by atoms with Gasteiger partial charge in [-0.15, -0.1) is 0 Å².